The van der Waals surface area contributed by atoms with Crippen LogP contribution in [0.15, 0.2) is 44.5 Å². The molecule has 1 aromatic carbocycles. The van der Waals surface area contributed by atoms with E-state index in [0.717, 1.165) is 5.39 Å². The minimum atomic E-state index is -0.282. The van der Waals surface area contributed by atoms with Crippen LogP contribution in [0, 0.1) is 0 Å². The zero-order valence-electron chi connectivity index (χ0n) is 7.19. The van der Waals surface area contributed by atoms with Crippen molar-refractivity contribution < 1.29 is 4.42 Å². The van der Waals surface area contributed by atoms with E-state index in [1.807, 2.05) is 6.07 Å². The van der Waals surface area contributed by atoms with Gasteiger partial charge in [-0.3, -0.25) is 0 Å². The van der Waals surface area contributed by atoms with Gasteiger partial charge in [0.05, 0.1) is 0 Å². The van der Waals surface area contributed by atoms with Crippen LogP contribution in [-0.2, 0) is 0 Å². The van der Waals surface area contributed by atoms with Crippen LogP contribution in [0.4, 0.5) is 0 Å². The minimum absolute atomic E-state index is 0.282. The van der Waals surface area contributed by atoms with Crippen LogP contribution in [0.3, 0.4) is 0 Å². The van der Waals surface area contributed by atoms with Gasteiger partial charge in [-0.25, -0.2) is 0 Å². The normalized spacial score (nSPS) is 11.1. The Morgan fingerprint density at radius 1 is 1.07 bits per heavy atom. The Morgan fingerprint density at radius 3 is 2.93 bits per heavy atom. The van der Waals surface area contributed by atoms with E-state index in [0.29, 0.717) is 20.1 Å². The van der Waals surface area contributed by atoms with Gasteiger partial charge in [0.25, 0.3) is 0 Å². The number of hydrogen-bond donors (Lipinski definition) is 0. The van der Waals surface area contributed by atoms with E-state index in [-0.39, 0.29) is 5.63 Å². The van der Waals surface area contributed by atoms with E-state index in [1.165, 1.54) is 15.7 Å². The second-order valence-electron chi connectivity index (χ2n) is 3.10. The molecule has 2 heterocycles. The van der Waals surface area contributed by atoms with Crippen molar-refractivity contribution in [2.24, 2.45) is 0 Å². The van der Waals surface area contributed by atoms with Crippen LogP contribution in [0.1, 0.15) is 0 Å². The first-order valence-electron chi connectivity index (χ1n) is 4.24. The molecule has 0 fully saturated rings. The SMILES string of the molecule is O=c1ccc2cc3cc[se]c3cc2o1. The molecule has 0 saturated heterocycles. The molecule has 3 heteroatoms. The van der Waals surface area contributed by atoms with Gasteiger partial charge >= 0.3 is 85.2 Å². The summed E-state index contributed by atoms with van der Waals surface area (Å²) in [6.07, 6.45) is 0. The summed E-state index contributed by atoms with van der Waals surface area (Å²) < 4.78 is 6.40. The molecule has 0 spiro atoms. The number of benzene rings is 1. The molecule has 0 atom stereocenters. The molecule has 2 aromatic heterocycles. The third-order valence-electron chi connectivity index (χ3n) is 2.19. The number of rotatable bonds is 0. The van der Waals surface area contributed by atoms with Crippen molar-refractivity contribution in [3.8, 4) is 0 Å². The summed E-state index contributed by atoms with van der Waals surface area (Å²) >= 11 is 0.401. The van der Waals surface area contributed by atoms with E-state index in [9.17, 15) is 4.79 Å². The van der Waals surface area contributed by atoms with E-state index in [4.69, 9.17) is 4.42 Å². The Labute approximate surface area is 85.5 Å². The molecule has 0 radical (unpaired) electrons. The molecular formula is C11H6O2Se. The predicted molar refractivity (Wildman–Crippen MR) is 56.9 cm³/mol. The topological polar surface area (TPSA) is 30.2 Å². The molecule has 0 N–H and O–H groups in total. The standard InChI is InChI=1S/C11H6O2Se/c12-11-2-1-7-5-8-3-4-14-10(8)6-9(7)13-11/h1-6H. The van der Waals surface area contributed by atoms with Crippen molar-refractivity contribution in [2.75, 3.05) is 0 Å². The Kier molecular flexibility index (Phi) is 1.63. The summed E-state index contributed by atoms with van der Waals surface area (Å²) in [4.78, 5) is 13.2. The Balaban J connectivity index is 2.56. The van der Waals surface area contributed by atoms with E-state index in [1.54, 1.807) is 6.07 Å². The molecule has 0 bridgehead atoms. The summed E-state index contributed by atoms with van der Waals surface area (Å²) in [6.45, 7) is 0. The monoisotopic (exact) mass is 250 g/mol. The average Bonchev–Trinajstić information content (AvgIpc) is 2.61. The summed E-state index contributed by atoms with van der Waals surface area (Å²) in [7, 11) is 0. The maximum atomic E-state index is 11.0. The molecule has 0 aliphatic carbocycles. The van der Waals surface area contributed by atoms with Crippen LogP contribution in [0.2, 0.25) is 0 Å². The first-order valence-corrected chi connectivity index (χ1v) is 6.09. The van der Waals surface area contributed by atoms with Crippen molar-refractivity contribution in [3.05, 3.63) is 45.7 Å². The third-order valence-corrected chi connectivity index (χ3v) is 4.04. The third kappa shape index (κ3) is 1.14. The number of hydrogen-bond acceptors (Lipinski definition) is 2. The van der Waals surface area contributed by atoms with Crippen molar-refractivity contribution in [3.63, 3.8) is 0 Å². The zero-order chi connectivity index (χ0) is 9.54. The maximum absolute atomic E-state index is 11.0. The fraction of sp³-hybridized carbons (Fsp3) is 0. The second kappa shape index (κ2) is 2.84. The molecule has 0 amide bonds. The Morgan fingerprint density at radius 2 is 2.00 bits per heavy atom. The molecule has 2 nitrogen and oxygen atoms in total. The first-order chi connectivity index (χ1) is 6.83. The zero-order valence-corrected chi connectivity index (χ0v) is 8.90. The van der Waals surface area contributed by atoms with Crippen LogP contribution in [0.25, 0.3) is 20.6 Å². The van der Waals surface area contributed by atoms with Crippen molar-refractivity contribution >= 4 is 35.1 Å². The van der Waals surface area contributed by atoms with E-state index < -0.39 is 0 Å². The molecule has 0 aliphatic rings. The quantitative estimate of drug-likeness (QED) is 0.450. The van der Waals surface area contributed by atoms with Crippen molar-refractivity contribution in [2.45, 2.75) is 0 Å². The summed E-state index contributed by atoms with van der Waals surface area (Å²) in [5.41, 5.74) is 0.415. The molecule has 0 saturated carbocycles. The molecule has 68 valence electrons. The summed E-state index contributed by atoms with van der Waals surface area (Å²) in [5, 5.41) is 2.25. The van der Waals surface area contributed by atoms with Crippen LogP contribution >= 0.6 is 0 Å². The molecule has 3 rings (SSSR count). The first kappa shape index (κ1) is 8.04. The van der Waals surface area contributed by atoms with Gasteiger partial charge in [-0.05, 0) is 0 Å². The molecular weight excluding hydrogens is 243 g/mol. The molecule has 3 aromatic rings. The fourth-order valence-corrected chi connectivity index (χ4v) is 3.20. The predicted octanol–water partition coefficient (Wildman–Crippen LogP) is 2.00. The Hall–Kier alpha value is -1.31. The molecule has 0 unspecified atom stereocenters. The van der Waals surface area contributed by atoms with Gasteiger partial charge in [-0.15, -0.1) is 0 Å². The van der Waals surface area contributed by atoms with Crippen LogP contribution in [0.5, 0.6) is 0 Å². The van der Waals surface area contributed by atoms with E-state index in [2.05, 4.69) is 17.1 Å². The van der Waals surface area contributed by atoms with Gasteiger partial charge < -0.3 is 0 Å². The fourth-order valence-electron chi connectivity index (χ4n) is 1.53. The van der Waals surface area contributed by atoms with E-state index >= 15 is 0 Å². The van der Waals surface area contributed by atoms with Gasteiger partial charge in [0.2, 0.25) is 0 Å². The van der Waals surface area contributed by atoms with Crippen molar-refractivity contribution in [1.82, 2.24) is 0 Å². The molecule has 14 heavy (non-hydrogen) atoms. The van der Waals surface area contributed by atoms with Crippen LogP contribution in [-0.4, -0.2) is 14.5 Å². The van der Waals surface area contributed by atoms with Gasteiger partial charge in [-0.1, -0.05) is 0 Å². The average molecular weight is 249 g/mol. The van der Waals surface area contributed by atoms with Gasteiger partial charge in [-0.2, -0.15) is 0 Å². The van der Waals surface area contributed by atoms with Crippen LogP contribution < -0.4 is 5.63 Å². The van der Waals surface area contributed by atoms with Gasteiger partial charge in [0.15, 0.2) is 0 Å². The second-order valence-corrected chi connectivity index (χ2v) is 5.09. The number of fused-ring (bicyclic) bond motifs is 2. The summed E-state index contributed by atoms with van der Waals surface area (Å²) in [6, 6.07) is 9.43. The molecule has 0 aliphatic heterocycles. The van der Waals surface area contributed by atoms with Crippen molar-refractivity contribution in [1.29, 1.82) is 0 Å². The van der Waals surface area contributed by atoms with Gasteiger partial charge in [0.1, 0.15) is 0 Å². The Bertz CT molecular complexity index is 663. The summed E-state index contributed by atoms with van der Waals surface area (Å²) in [5.74, 6) is 0. The van der Waals surface area contributed by atoms with Gasteiger partial charge in [0, 0.05) is 0 Å².